The lowest BCUT2D eigenvalue weighted by Gasteiger charge is -2.13. The van der Waals surface area contributed by atoms with Crippen LogP contribution in [0.3, 0.4) is 0 Å². The number of carbonyl (C=O) groups excluding carboxylic acids is 3. The van der Waals surface area contributed by atoms with Crippen LogP contribution in [-0.4, -0.2) is 33.0 Å². The third kappa shape index (κ3) is 7.37. The highest BCUT2D eigenvalue weighted by atomic mass is 32.1. The average molecular weight is 461 g/mol. The van der Waals surface area contributed by atoms with Gasteiger partial charge in [0.2, 0.25) is 22.9 Å². The zero-order chi connectivity index (χ0) is 22.2. The summed E-state index contributed by atoms with van der Waals surface area (Å²) in [5, 5.41) is 14.8. The highest BCUT2D eigenvalue weighted by Gasteiger charge is 2.30. The van der Waals surface area contributed by atoms with Crippen LogP contribution in [-0.2, 0) is 20.8 Å². The molecule has 2 atom stereocenters. The van der Waals surface area contributed by atoms with Gasteiger partial charge >= 0.3 is 0 Å². The number of hydrazine groups is 1. The van der Waals surface area contributed by atoms with Crippen LogP contribution in [0.15, 0.2) is 30.3 Å². The number of benzene rings is 1. The molecule has 0 aliphatic heterocycles. The molecular weight excluding hydrogens is 436 g/mol. The van der Waals surface area contributed by atoms with E-state index in [-0.39, 0.29) is 41.1 Å². The van der Waals surface area contributed by atoms with Gasteiger partial charge in [-0.1, -0.05) is 41.7 Å². The molecule has 1 aliphatic rings. The Balaban J connectivity index is 1.36. The van der Waals surface area contributed by atoms with Crippen molar-refractivity contribution in [2.24, 2.45) is 5.92 Å². The molecule has 1 fully saturated rings. The number of thiocarbonyl (C=S) groups is 1. The van der Waals surface area contributed by atoms with Gasteiger partial charge in [0.05, 0.1) is 6.42 Å². The number of nitrogens with zero attached hydrogens (tertiary/aromatic N) is 2. The number of hydrogen-bond acceptors (Lipinski definition) is 7. The Bertz CT molecular complexity index is 949. The van der Waals surface area contributed by atoms with Crippen LogP contribution in [0.4, 0.5) is 5.13 Å². The molecule has 1 aromatic carbocycles. The summed E-state index contributed by atoms with van der Waals surface area (Å²) in [6.07, 6.45) is 3.22. The molecule has 1 aromatic heterocycles. The largest absolute Gasteiger partial charge is 0.302 e. The minimum Gasteiger partial charge on any atom is -0.302 e. The van der Waals surface area contributed by atoms with Crippen LogP contribution in [0.1, 0.15) is 49.1 Å². The first kappa shape index (κ1) is 22.8. The first-order valence-electron chi connectivity index (χ1n) is 9.92. The van der Waals surface area contributed by atoms with Gasteiger partial charge in [0.25, 0.3) is 0 Å². The second-order valence-corrected chi connectivity index (χ2v) is 8.84. The lowest BCUT2D eigenvalue weighted by Crippen LogP contribution is -2.49. The molecule has 1 aliphatic carbocycles. The Labute approximate surface area is 189 Å². The summed E-state index contributed by atoms with van der Waals surface area (Å²) in [6.45, 7) is 1.43. The number of anilines is 1. The van der Waals surface area contributed by atoms with E-state index in [2.05, 4.69) is 31.7 Å². The molecule has 0 spiro atoms. The summed E-state index contributed by atoms with van der Waals surface area (Å²) in [5.41, 5.74) is 6.00. The molecule has 0 bridgehead atoms. The lowest BCUT2D eigenvalue weighted by molar-refractivity contribution is -0.123. The maximum atomic E-state index is 12.2. The second-order valence-electron chi connectivity index (χ2n) is 7.42. The quantitative estimate of drug-likeness (QED) is 0.384. The van der Waals surface area contributed by atoms with Gasteiger partial charge in [-0.15, -0.1) is 10.2 Å². The van der Waals surface area contributed by atoms with Crippen molar-refractivity contribution in [3.8, 4) is 0 Å². The van der Waals surface area contributed by atoms with Gasteiger partial charge in [-0.05, 0) is 43.0 Å². The number of aromatic nitrogens is 2. The summed E-state index contributed by atoms with van der Waals surface area (Å²) >= 11 is 6.44. The molecule has 0 saturated heterocycles. The summed E-state index contributed by atoms with van der Waals surface area (Å²) in [5.74, 6) is -0.163. The Kier molecular flexibility index (Phi) is 8.01. The number of amides is 3. The molecule has 3 rings (SSSR count). The van der Waals surface area contributed by atoms with E-state index in [1.807, 2.05) is 30.3 Å². The molecule has 164 valence electrons. The van der Waals surface area contributed by atoms with Crippen molar-refractivity contribution < 1.29 is 14.4 Å². The molecule has 31 heavy (non-hydrogen) atoms. The lowest BCUT2D eigenvalue weighted by atomic mass is 10.0. The third-order valence-electron chi connectivity index (χ3n) is 4.86. The Morgan fingerprint density at radius 3 is 2.61 bits per heavy atom. The first-order valence-corrected chi connectivity index (χ1v) is 11.1. The molecule has 1 saturated carbocycles. The van der Waals surface area contributed by atoms with Crippen LogP contribution >= 0.6 is 23.6 Å². The highest BCUT2D eigenvalue weighted by Crippen LogP contribution is 2.41. The highest BCUT2D eigenvalue weighted by molar-refractivity contribution is 7.80. The summed E-state index contributed by atoms with van der Waals surface area (Å²) < 4.78 is 0. The second kappa shape index (κ2) is 10.9. The van der Waals surface area contributed by atoms with Gasteiger partial charge in [0.1, 0.15) is 5.01 Å². The monoisotopic (exact) mass is 460 g/mol. The summed E-state index contributed by atoms with van der Waals surface area (Å²) in [6, 6.07) is 9.32. The van der Waals surface area contributed by atoms with Gasteiger partial charge in [-0.2, -0.15) is 0 Å². The summed E-state index contributed by atoms with van der Waals surface area (Å²) in [4.78, 5) is 35.3. The topological polar surface area (TPSA) is 125 Å². The van der Waals surface area contributed by atoms with Crippen molar-refractivity contribution in [1.82, 2.24) is 26.4 Å². The van der Waals surface area contributed by atoms with Crippen LogP contribution < -0.4 is 21.5 Å². The smallest absolute Gasteiger partial charge is 0.238 e. The minimum absolute atomic E-state index is 0.0536. The van der Waals surface area contributed by atoms with E-state index in [4.69, 9.17) is 12.2 Å². The Morgan fingerprint density at radius 2 is 1.87 bits per heavy atom. The van der Waals surface area contributed by atoms with E-state index < -0.39 is 0 Å². The molecule has 11 heteroatoms. The van der Waals surface area contributed by atoms with E-state index >= 15 is 0 Å². The van der Waals surface area contributed by atoms with E-state index in [0.717, 1.165) is 29.8 Å². The van der Waals surface area contributed by atoms with E-state index in [1.165, 1.54) is 18.3 Å². The van der Waals surface area contributed by atoms with Crippen molar-refractivity contribution in [3.63, 3.8) is 0 Å². The molecule has 4 N–H and O–H groups in total. The molecule has 1 heterocycles. The van der Waals surface area contributed by atoms with Gasteiger partial charge in [0, 0.05) is 19.3 Å². The molecule has 2 unspecified atom stereocenters. The zero-order valence-electron chi connectivity index (χ0n) is 17.0. The van der Waals surface area contributed by atoms with Gasteiger partial charge in [-0.25, -0.2) is 0 Å². The third-order valence-corrected chi connectivity index (χ3v) is 6.07. The molecule has 3 amide bonds. The normalized spacial score (nSPS) is 17.6. The molecular formula is C20H24N6O3S2. The molecule has 2 aromatic rings. The Morgan fingerprint density at radius 1 is 1.10 bits per heavy atom. The van der Waals surface area contributed by atoms with Gasteiger partial charge in [0.15, 0.2) is 5.11 Å². The maximum Gasteiger partial charge on any atom is 0.238 e. The molecule has 9 nitrogen and oxygen atoms in total. The van der Waals surface area contributed by atoms with E-state index in [9.17, 15) is 14.4 Å². The van der Waals surface area contributed by atoms with Crippen molar-refractivity contribution in [2.75, 3.05) is 5.32 Å². The van der Waals surface area contributed by atoms with Crippen LogP contribution in [0.25, 0.3) is 0 Å². The van der Waals surface area contributed by atoms with Crippen molar-refractivity contribution in [1.29, 1.82) is 0 Å². The number of hydrogen-bond donors (Lipinski definition) is 4. The Hall–Kier alpha value is -2.92. The predicted molar refractivity (Wildman–Crippen MR) is 121 cm³/mol. The van der Waals surface area contributed by atoms with Crippen molar-refractivity contribution in [2.45, 2.75) is 44.9 Å². The zero-order valence-corrected chi connectivity index (χ0v) is 18.6. The SMILES string of the molecule is CC(=O)Nc1nnc(C2CCC(CC(=O)NNC(=S)NC(=O)Cc3ccccc3)C2)s1. The average Bonchev–Trinajstić information content (AvgIpc) is 3.36. The summed E-state index contributed by atoms with van der Waals surface area (Å²) in [7, 11) is 0. The fraction of sp³-hybridized carbons (Fsp3) is 0.400. The van der Waals surface area contributed by atoms with Gasteiger partial charge < -0.3 is 10.6 Å². The molecule has 0 radical (unpaired) electrons. The fourth-order valence-corrected chi connectivity index (χ4v) is 4.61. The van der Waals surface area contributed by atoms with Crippen molar-refractivity contribution >= 4 is 51.5 Å². The predicted octanol–water partition coefficient (Wildman–Crippen LogP) is 2.03. The first-order chi connectivity index (χ1) is 14.9. The number of rotatable bonds is 6. The van der Waals surface area contributed by atoms with E-state index in [1.54, 1.807) is 0 Å². The van der Waals surface area contributed by atoms with Crippen LogP contribution in [0, 0.1) is 5.92 Å². The maximum absolute atomic E-state index is 12.2. The minimum atomic E-state index is -0.257. The number of carbonyl (C=O) groups is 3. The number of nitrogens with one attached hydrogen (secondary N) is 4. The van der Waals surface area contributed by atoms with Crippen LogP contribution in [0.2, 0.25) is 0 Å². The van der Waals surface area contributed by atoms with Crippen molar-refractivity contribution in [3.05, 3.63) is 40.9 Å². The standard InChI is InChI=1S/C20H24N6O3S2/c1-12(27)21-20-26-24-18(31-20)15-8-7-14(9-15)11-17(29)23-25-19(30)22-16(28)10-13-5-3-2-4-6-13/h2-6,14-15H,7-11H2,1H3,(H,23,29)(H,21,26,27)(H2,22,25,28,30). The van der Waals surface area contributed by atoms with Gasteiger partial charge in [-0.3, -0.25) is 25.2 Å². The fourth-order valence-electron chi connectivity index (χ4n) is 3.51. The van der Waals surface area contributed by atoms with E-state index in [0.29, 0.717) is 11.6 Å². The van der Waals surface area contributed by atoms with Crippen LogP contribution in [0.5, 0.6) is 0 Å².